The molecule has 1 N–H and O–H groups in total. The zero-order chi connectivity index (χ0) is 12.8. The maximum Gasteiger partial charge on any atom is 0.244 e. The molecule has 1 aromatic rings. The van der Waals surface area contributed by atoms with E-state index < -0.39 is 0 Å². The van der Waals surface area contributed by atoms with Crippen LogP contribution in [0.25, 0.3) is 0 Å². The number of nitrogens with one attached hydrogen (secondary N) is 1. The van der Waals surface area contributed by atoms with Crippen LogP contribution in [0.5, 0.6) is 0 Å². The first-order chi connectivity index (χ1) is 8.74. The van der Waals surface area contributed by atoms with Crippen molar-refractivity contribution >= 4 is 17.7 Å². The lowest BCUT2D eigenvalue weighted by Gasteiger charge is -2.26. The van der Waals surface area contributed by atoms with Gasteiger partial charge in [-0.15, -0.1) is 11.8 Å². The number of nitrogens with zero attached hydrogens (tertiary/aromatic N) is 1. The largest absolute Gasteiger partial charge is 0.288 e. The molecule has 1 amide bonds. The quantitative estimate of drug-likeness (QED) is 0.851. The van der Waals surface area contributed by atoms with E-state index in [1.165, 1.54) is 30.3 Å². The van der Waals surface area contributed by atoms with Crippen LogP contribution in [0.3, 0.4) is 0 Å². The van der Waals surface area contributed by atoms with E-state index in [-0.39, 0.29) is 11.7 Å². The van der Waals surface area contributed by atoms with Crippen LogP contribution in [-0.4, -0.2) is 29.8 Å². The monoisotopic (exact) mass is 268 g/mol. The Morgan fingerprint density at radius 1 is 1.22 bits per heavy atom. The Kier molecular flexibility index (Phi) is 5.01. The van der Waals surface area contributed by atoms with Gasteiger partial charge >= 0.3 is 0 Å². The molecule has 1 saturated heterocycles. The number of amides is 1. The first-order valence-corrected chi connectivity index (χ1v) is 7.15. The van der Waals surface area contributed by atoms with Gasteiger partial charge in [0.2, 0.25) is 5.91 Å². The molecule has 3 nitrogen and oxygen atoms in total. The van der Waals surface area contributed by atoms with Gasteiger partial charge in [0.25, 0.3) is 0 Å². The molecule has 1 heterocycles. The minimum atomic E-state index is -0.253. The summed E-state index contributed by atoms with van der Waals surface area (Å²) in [7, 11) is 0. The van der Waals surface area contributed by atoms with Gasteiger partial charge in [0.05, 0.1) is 5.75 Å². The van der Waals surface area contributed by atoms with Crippen molar-refractivity contribution in [2.45, 2.75) is 24.2 Å². The summed E-state index contributed by atoms with van der Waals surface area (Å²) in [5.74, 6) is 0.116. The molecule has 2 rings (SSSR count). The molecule has 1 aliphatic rings. The van der Waals surface area contributed by atoms with E-state index in [0.29, 0.717) is 5.75 Å². The molecule has 0 bridgehead atoms. The normalized spacial score (nSPS) is 16.5. The molecular weight excluding hydrogens is 251 g/mol. The van der Waals surface area contributed by atoms with Gasteiger partial charge in [-0.2, -0.15) is 0 Å². The molecule has 0 aromatic heterocycles. The first-order valence-electron chi connectivity index (χ1n) is 6.17. The Labute approximate surface area is 111 Å². The number of piperidine rings is 1. The predicted octanol–water partition coefficient (Wildman–Crippen LogP) is 2.43. The van der Waals surface area contributed by atoms with Crippen LogP contribution in [0, 0.1) is 5.82 Å². The van der Waals surface area contributed by atoms with Gasteiger partial charge in [-0.25, -0.2) is 9.40 Å². The zero-order valence-corrected chi connectivity index (χ0v) is 11.0. The van der Waals surface area contributed by atoms with Crippen molar-refractivity contribution < 1.29 is 9.18 Å². The third-order valence-electron chi connectivity index (χ3n) is 2.82. The summed E-state index contributed by atoms with van der Waals surface area (Å²) in [5.41, 5.74) is 2.90. The fourth-order valence-corrected chi connectivity index (χ4v) is 2.58. The SMILES string of the molecule is O=C(CSc1ccc(F)cc1)NN1CCCCC1. The number of hydrogen-bond acceptors (Lipinski definition) is 3. The summed E-state index contributed by atoms with van der Waals surface area (Å²) in [6, 6.07) is 6.19. The number of benzene rings is 1. The van der Waals surface area contributed by atoms with Crippen LogP contribution < -0.4 is 5.43 Å². The molecule has 1 fully saturated rings. The standard InChI is InChI=1S/C13H17FN2OS/c14-11-4-6-12(7-5-11)18-10-13(17)15-16-8-2-1-3-9-16/h4-7H,1-3,8-10H2,(H,15,17). The first kappa shape index (κ1) is 13.4. The summed E-state index contributed by atoms with van der Waals surface area (Å²) in [5, 5.41) is 1.98. The van der Waals surface area contributed by atoms with E-state index in [9.17, 15) is 9.18 Å². The lowest BCUT2D eigenvalue weighted by molar-refractivity contribution is -0.123. The van der Waals surface area contributed by atoms with Crippen LogP contribution in [0.1, 0.15) is 19.3 Å². The number of halogens is 1. The topological polar surface area (TPSA) is 32.3 Å². The van der Waals surface area contributed by atoms with Gasteiger partial charge in [0, 0.05) is 18.0 Å². The molecule has 18 heavy (non-hydrogen) atoms. The van der Waals surface area contributed by atoms with Gasteiger partial charge in [-0.1, -0.05) is 6.42 Å². The van der Waals surface area contributed by atoms with Crippen molar-refractivity contribution in [1.29, 1.82) is 0 Å². The summed E-state index contributed by atoms with van der Waals surface area (Å²) in [6.07, 6.45) is 3.54. The lowest BCUT2D eigenvalue weighted by atomic mass is 10.2. The maximum atomic E-state index is 12.7. The van der Waals surface area contributed by atoms with Gasteiger partial charge in [-0.3, -0.25) is 10.2 Å². The van der Waals surface area contributed by atoms with E-state index in [4.69, 9.17) is 0 Å². The van der Waals surface area contributed by atoms with Gasteiger partial charge in [0.1, 0.15) is 5.82 Å². The van der Waals surface area contributed by atoms with Gasteiger partial charge in [-0.05, 0) is 37.1 Å². The second kappa shape index (κ2) is 6.75. The van der Waals surface area contributed by atoms with Crippen molar-refractivity contribution in [1.82, 2.24) is 10.4 Å². The van der Waals surface area contributed by atoms with Crippen molar-refractivity contribution in [3.05, 3.63) is 30.1 Å². The number of carbonyl (C=O) groups is 1. The number of rotatable bonds is 4. The maximum absolute atomic E-state index is 12.7. The zero-order valence-electron chi connectivity index (χ0n) is 10.2. The van der Waals surface area contributed by atoms with Gasteiger partial charge < -0.3 is 0 Å². The minimum Gasteiger partial charge on any atom is -0.288 e. The highest BCUT2D eigenvalue weighted by atomic mass is 32.2. The van der Waals surface area contributed by atoms with Crippen molar-refractivity contribution in [3.63, 3.8) is 0 Å². The Morgan fingerprint density at radius 2 is 1.89 bits per heavy atom. The van der Waals surface area contributed by atoms with Crippen LogP contribution in [0.4, 0.5) is 4.39 Å². The Balaban J connectivity index is 1.72. The number of thioether (sulfide) groups is 1. The summed E-state index contributed by atoms with van der Waals surface area (Å²) >= 11 is 1.42. The van der Waals surface area contributed by atoms with E-state index in [0.717, 1.165) is 30.8 Å². The molecule has 1 aliphatic heterocycles. The molecule has 0 saturated carbocycles. The Morgan fingerprint density at radius 3 is 2.56 bits per heavy atom. The third kappa shape index (κ3) is 4.31. The molecule has 0 radical (unpaired) electrons. The highest BCUT2D eigenvalue weighted by Gasteiger charge is 2.12. The summed E-state index contributed by atoms with van der Waals surface area (Å²) < 4.78 is 12.7. The molecule has 5 heteroatoms. The molecule has 0 unspecified atom stereocenters. The van der Waals surface area contributed by atoms with Gasteiger partial charge in [0.15, 0.2) is 0 Å². The number of carbonyl (C=O) groups excluding carboxylic acids is 1. The van der Waals surface area contributed by atoms with E-state index >= 15 is 0 Å². The summed E-state index contributed by atoms with van der Waals surface area (Å²) in [6.45, 7) is 1.87. The number of hydrogen-bond donors (Lipinski definition) is 1. The van der Waals surface area contributed by atoms with E-state index in [2.05, 4.69) is 5.43 Å². The second-order valence-corrected chi connectivity index (χ2v) is 5.37. The van der Waals surface area contributed by atoms with Crippen LogP contribution in [-0.2, 0) is 4.79 Å². The molecule has 0 spiro atoms. The fraction of sp³-hybridized carbons (Fsp3) is 0.462. The van der Waals surface area contributed by atoms with E-state index in [1.54, 1.807) is 12.1 Å². The Hall–Kier alpha value is -1.07. The minimum absolute atomic E-state index is 0.00576. The molecule has 0 aliphatic carbocycles. The average Bonchev–Trinajstić information content (AvgIpc) is 2.39. The van der Waals surface area contributed by atoms with Crippen LogP contribution >= 0.6 is 11.8 Å². The smallest absolute Gasteiger partial charge is 0.244 e. The fourth-order valence-electron chi connectivity index (χ4n) is 1.89. The van der Waals surface area contributed by atoms with E-state index in [1.807, 2.05) is 5.01 Å². The average molecular weight is 268 g/mol. The third-order valence-corrected chi connectivity index (χ3v) is 3.83. The molecule has 0 atom stereocenters. The van der Waals surface area contributed by atoms with Crippen molar-refractivity contribution in [2.24, 2.45) is 0 Å². The molecule has 98 valence electrons. The predicted molar refractivity (Wildman–Crippen MR) is 70.7 cm³/mol. The van der Waals surface area contributed by atoms with Crippen LogP contribution in [0.15, 0.2) is 29.2 Å². The second-order valence-electron chi connectivity index (χ2n) is 4.33. The highest BCUT2D eigenvalue weighted by Crippen LogP contribution is 2.17. The molecule has 1 aromatic carbocycles. The van der Waals surface area contributed by atoms with Crippen LogP contribution in [0.2, 0.25) is 0 Å². The number of hydrazine groups is 1. The summed E-state index contributed by atoms with van der Waals surface area (Å²) in [4.78, 5) is 12.6. The lowest BCUT2D eigenvalue weighted by Crippen LogP contribution is -2.45. The Bertz CT molecular complexity index is 390. The van der Waals surface area contributed by atoms with Crippen molar-refractivity contribution in [2.75, 3.05) is 18.8 Å². The highest BCUT2D eigenvalue weighted by molar-refractivity contribution is 8.00. The molecular formula is C13H17FN2OS. The van der Waals surface area contributed by atoms with Crippen molar-refractivity contribution in [3.8, 4) is 0 Å².